The zero-order valence-electron chi connectivity index (χ0n) is 16.2. The van der Waals surface area contributed by atoms with Crippen LogP contribution in [0.1, 0.15) is 20.7 Å². The predicted octanol–water partition coefficient (Wildman–Crippen LogP) is 3.12. The molecule has 0 radical (unpaired) electrons. The van der Waals surface area contributed by atoms with E-state index in [1.54, 1.807) is 23.9 Å². The molecule has 0 amide bonds. The number of sulfonamides is 1. The first kappa shape index (κ1) is 22.8. The fourth-order valence-electron chi connectivity index (χ4n) is 2.83. The molecule has 0 unspecified atom stereocenters. The number of halogens is 1. The number of thioether (sulfide) groups is 1. The molecule has 0 atom stereocenters. The quantitative estimate of drug-likeness (QED) is 0.349. The van der Waals surface area contributed by atoms with Gasteiger partial charge in [-0.05, 0) is 36.6 Å². The van der Waals surface area contributed by atoms with Gasteiger partial charge in [0.1, 0.15) is 4.90 Å². The molecule has 0 spiro atoms. The summed E-state index contributed by atoms with van der Waals surface area (Å²) in [6.45, 7) is 0.539. The summed E-state index contributed by atoms with van der Waals surface area (Å²) in [7, 11) is -3.88. The van der Waals surface area contributed by atoms with Gasteiger partial charge in [-0.2, -0.15) is 4.31 Å². The summed E-state index contributed by atoms with van der Waals surface area (Å²) in [5.74, 6) is -1.16. The number of esters is 1. The molecule has 1 saturated heterocycles. The van der Waals surface area contributed by atoms with Crippen molar-refractivity contribution in [3.8, 4) is 0 Å². The third-order valence-electron chi connectivity index (χ3n) is 4.50. The van der Waals surface area contributed by atoms with Crippen molar-refractivity contribution in [2.45, 2.75) is 9.79 Å². The Morgan fingerprint density at radius 1 is 1.10 bits per heavy atom. The predicted molar refractivity (Wildman–Crippen MR) is 114 cm³/mol. The van der Waals surface area contributed by atoms with E-state index >= 15 is 0 Å². The lowest BCUT2D eigenvalue weighted by Gasteiger charge is -2.26. The highest BCUT2D eigenvalue weighted by atomic mass is 35.5. The average Bonchev–Trinajstić information content (AvgIpc) is 2.78. The Bertz CT molecular complexity index is 1030. The molecule has 160 valence electrons. The van der Waals surface area contributed by atoms with E-state index in [4.69, 9.17) is 21.1 Å². The number of Topliss-reactive ketones (excluding diaryl/α,β-unsaturated/α-hetero) is 1. The van der Waals surface area contributed by atoms with Crippen LogP contribution in [0.15, 0.2) is 52.3 Å². The standard InChI is InChI=1S/C20H20ClNO6S2/c1-29-16-5-2-14(3-6-16)18(23)13-28-20(24)15-4-7-17(21)19(12-15)30(25,26)22-8-10-27-11-9-22/h2-7,12H,8-11,13H2,1H3. The van der Waals surface area contributed by atoms with Gasteiger partial charge in [0.2, 0.25) is 10.0 Å². The Hall–Kier alpha value is -1.91. The lowest BCUT2D eigenvalue weighted by atomic mass is 10.1. The van der Waals surface area contributed by atoms with Crippen LogP contribution in [-0.2, 0) is 19.5 Å². The minimum Gasteiger partial charge on any atom is -0.454 e. The number of rotatable bonds is 7. The highest BCUT2D eigenvalue weighted by Crippen LogP contribution is 2.27. The molecule has 1 aliphatic rings. The van der Waals surface area contributed by atoms with Gasteiger partial charge in [-0.1, -0.05) is 23.7 Å². The topological polar surface area (TPSA) is 90.0 Å². The maximum Gasteiger partial charge on any atom is 0.338 e. The molecule has 3 rings (SSSR count). The van der Waals surface area contributed by atoms with Crippen LogP contribution in [0, 0.1) is 0 Å². The summed E-state index contributed by atoms with van der Waals surface area (Å²) >= 11 is 7.64. The Morgan fingerprint density at radius 2 is 1.73 bits per heavy atom. The lowest BCUT2D eigenvalue weighted by molar-refractivity contribution is 0.0474. The molecule has 0 aliphatic carbocycles. The first-order valence-corrected chi connectivity index (χ1v) is 12.1. The van der Waals surface area contributed by atoms with Crippen molar-refractivity contribution < 1.29 is 27.5 Å². The number of hydrogen-bond acceptors (Lipinski definition) is 7. The number of ketones is 1. The van der Waals surface area contributed by atoms with Gasteiger partial charge in [0.05, 0.1) is 23.8 Å². The normalized spacial score (nSPS) is 15.0. The van der Waals surface area contributed by atoms with Crippen LogP contribution in [0.4, 0.5) is 0 Å². The van der Waals surface area contributed by atoms with Crippen molar-refractivity contribution in [3.63, 3.8) is 0 Å². The molecule has 2 aromatic carbocycles. The number of carbonyl (C=O) groups excluding carboxylic acids is 2. The van der Waals surface area contributed by atoms with E-state index in [0.717, 1.165) is 4.90 Å². The van der Waals surface area contributed by atoms with Crippen LogP contribution in [0.2, 0.25) is 5.02 Å². The van der Waals surface area contributed by atoms with Gasteiger partial charge in [0, 0.05) is 23.5 Å². The summed E-state index contributed by atoms with van der Waals surface area (Å²) in [6, 6.07) is 10.8. The van der Waals surface area contributed by atoms with Gasteiger partial charge >= 0.3 is 5.97 Å². The number of nitrogens with zero attached hydrogens (tertiary/aromatic N) is 1. The van der Waals surface area contributed by atoms with Gasteiger partial charge in [-0.25, -0.2) is 13.2 Å². The van der Waals surface area contributed by atoms with Crippen molar-refractivity contribution in [1.29, 1.82) is 0 Å². The Balaban J connectivity index is 1.71. The minimum atomic E-state index is -3.88. The minimum absolute atomic E-state index is 0.00278. The van der Waals surface area contributed by atoms with E-state index < -0.39 is 22.6 Å². The molecule has 0 saturated carbocycles. The second-order valence-corrected chi connectivity index (χ2v) is 9.58. The average molecular weight is 470 g/mol. The van der Waals surface area contributed by atoms with Crippen LogP contribution in [0.3, 0.4) is 0 Å². The van der Waals surface area contributed by atoms with E-state index in [0.29, 0.717) is 18.8 Å². The molecule has 30 heavy (non-hydrogen) atoms. The molecular weight excluding hydrogens is 450 g/mol. The first-order chi connectivity index (χ1) is 14.3. The van der Waals surface area contributed by atoms with Gasteiger partial charge in [0.15, 0.2) is 12.4 Å². The zero-order chi connectivity index (χ0) is 21.7. The molecule has 10 heteroatoms. The summed E-state index contributed by atoms with van der Waals surface area (Å²) in [4.78, 5) is 25.5. The molecule has 0 bridgehead atoms. The second-order valence-electron chi connectivity index (χ2n) is 6.39. The molecule has 1 heterocycles. The van der Waals surface area contributed by atoms with Crippen molar-refractivity contribution in [3.05, 3.63) is 58.6 Å². The fourth-order valence-corrected chi connectivity index (χ4v) is 5.15. The van der Waals surface area contributed by atoms with Gasteiger partial charge in [-0.15, -0.1) is 11.8 Å². The Kier molecular flexibility index (Phi) is 7.54. The number of ether oxygens (including phenoxy) is 2. The smallest absolute Gasteiger partial charge is 0.338 e. The summed E-state index contributed by atoms with van der Waals surface area (Å²) < 4.78 is 37.3. The Morgan fingerprint density at radius 3 is 2.37 bits per heavy atom. The highest BCUT2D eigenvalue weighted by molar-refractivity contribution is 7.98. The molecule has 1 fully saturated rings. The number of benzene rings is 2. The van der Waals surface area contributed by atoms with E-state index in [2.05, 4.69) is 0 Å². The summed E-state index contributed by atoms with van der Waals surface area (Å²) in [5.41, 5.74) is 0.420. The molecule has 1 aliphatic heterocycles. The van der Waals surface area contributed by atoms with E-state index in [9.17, 15) is 18.0 Å². The number of carbonyl (C=O) groups is 2. The van der Waals surface area contributed by atoms with E-state index in [-0.39, 0.29) is 34.4 Å². The maximum atomic E-state index is 12.9. The molecule has 2 aromatic rings. The van der Waals surface area contributed by atoms with Gasteiger partial charge in [0.25, 0.3) is 0 Å². The third kappa shape index (κ3) is 5.22. The van der Waals surface area contributed by atoms with Crippen molar-refractivity contribution in [1.82, 2.24) is 4.31 Å². The first-order valence-electron chi connectivity index (χ1n) is 9.05. The zero-order valence-corrected chi connectivity index (χ0v) is 18.6. The molecule has 0 aromatic heterocycles. The monoisotopic (exact) mass is 469 g/mol. The van der Waals surface area contributed by atoms with Crippen LogP contribution >= 0.6 is 23.4 Å². The van der Waals surface area contributed by atoms with Gasteiger partial charge in [-0.3, -0.25) is 4.79 Å². The SMILES string of the molecule is CSc1ccc(C(=O)COC(=O)c2ccc(Cl)c(S(=O)(=O)N3CCOCC3)c2)cc1. The second kappa shape index (κ2) is 9.93. The largest absolute Gasteiger partial charge is 0.454 e. The van der Waals surface area contributed by atoms with Crippen LogP contribution in [0.25, 0.3) is 0 Å². The van der Waals surface area contributed by atoms with Crippen LogP contribution in [-0.4, -0.2) is 63.6 Å². The summed E-state index contributed by atoms with van der Waals surface area (Å²) in [6.07, 6.45) is 1.93. The third-order valence-corrected chi connectivity index (χ3v) is 7.62. The maximum absolute atomic E-state index is 12.9. The van der Waals surface area contributed by atoms with Crippen LogP contribution < -0.4 is 0 Å². The molecule has 7 nitrogen and oxygen atoms in total. The van der Waals surface area contributed by atoms with Crippen molar-refractivity contribution >= 4 is 45.1 Å². The number of hydrogen-bond donors (Lipinski definition) is 0. The van der Waals surface area contributed by atoms with Crippen LogP contribution in [0.5, 0.6) is 0 Å². The van der Waals surface area contributed by atoms with Crippen molar-refractivity contribution in [2.24, 2.45) is 0 Å². The molecular formula is C20H20ClNO6S2. The fraction of sp³-hybridized carbons (Fsp3) is 0.300. The van der Waals surface area contributed by atoms with E-state index in [1.807, 2.05) is 18.4 Å². The highest BCUT2D eigenvalue weighted by Gasteiger charge is 2.29. The number of morpholine rings is 1. The molecule has 0 N–H and O–H groups in total. The lowest BCUT2D eigenvalue weighted by Crippen LogP contribution is -2.40. The summed E-state index contributed by atoms with van der Waals surface area (Å²) in [5, 5.41) is 0.00278. The Labute approximate surface area is 184 Å². The van der Waals surface area contributed by atoms with Gasteiger partial charge < -0.3 is 9.47 Å². The van der Waals surface area contributed by atoms with E-state index in [1.165, 1.54) is 22.5 Å². The van der Waals surface area contributed by atoms with Crippen molar-refractivity contribution in [2.75, 3.05) is 39.2 Å².